The van der Waals surface area contributed by atoms with Gasteiger partial charge >= 0.3 is 0 Å². The van der Waals surface area contributed by atoms with Crippen LogP contribution in [0.2, 0.25) is 0 Å². The third-order valence-corrected chi connectivity index (χ3v) is 3.59. The fraction of sp³-hybridized carbons (Fsp3) is 0.455. The molecule has 15 heavy (non-hydrogen) atoms. The van der Waals surface area contributed by atoms with Gasteiger partial charge in [0.1, 0.15) is 4.60 Å². The zero-order valence-corrected chi connectivity index (χ0v) is 10.2. The third kappa shape index (κ3) is 1.47. The predicted octanol–water partition coefficient (Wildman–Crippen LogP) is 3.07. The van der Waals surface area contributed by atoms with Gasteiger partial charge in [-0.2, -0.15) is 0 Å². The number of aryl methyl sites for hydroxylation is 1. The van der Waals surface area contributed by atoms with Gasteiger partial charge in [0.25, 0.3) is 0 Å². The van der Waals surface area contributed by atoms with Crippen LogP contribution in [0.1, 0.15) is 36.6 Å². The number of aromatic nitrogens is 3. The Morgan fingerprint density at radius 2 is 2.20 bits per heavy atom. The van der Waals surface area contributed by atoms with E-state index in [-0.39, 0.29) is 0 Å². The average Bonchev–Trinajstić information content (AvgIpc) is 2.44. The minimum absolute atomic E-state index is 0.595. The topological polar surface area (TPSA) is 30.2 Å². The van der Waals surface area contributed by atoms with Crippen LogP contribution in [-0.4, -0.2) is 14.6 Å². The molecule has 1 aliphatic rings. The van der Waals surface area contributed by atoms with Crippen LogP contribution in [0, 0.1) is 6.92 Å². The Labute approximate surface area is 96.6 Å². The van der Waals surface area contributed by atoms with E-state index in [1.54, 1.807) is 0 Å². The van der Waals surface area contributed by atoms with Crippen LogP contribution in [0.5, 0.6) is 0 Å². The van der Waals surface area contributed by atoms with Gasteiger partial charge in [0.15, 0.2) is 11.5 Å². The highest BCUT2D eigenvalue weighted by Crippen LogP contribution is 2.34. The Morgan fingerprint density at radius 3 is 2.87 bits per heavy atom. The van der Waals surface area contributed by atoms with Crippen LogP contribution < -0.4 is 0 Å². The first-order valence-electron chi connectivity index (χ1n) is 5.27. The van der Waals surface area contributed by atoms with Gasteiger partial charge in [-0.25, -0.2) is 9.50 Å². The maximum absolute atomic E-state index is 4.58. The highest BCUT2D eigenvalue weighted by atomic mass is 79.9. The van der Waals surface area contributed by atoms with E-state index in [2.05, 4.69) is 45.1 Å². The van der Waals surface area contributed by atoms with E-state index in [1.165, 1.54) is 24.8 Å². The molecule has 3 nitrogen and oxygen atoms in total. The second kappa shape index (κ2) is 3.30. The second-order valence-corrected chi connectivity index (χ2v) is 5.04. The molecular formula is C11H12BrN3. The Kier molecular flexibility index (Phi) is 2.06. The average molecular weight is 266 g/mol. The summed E-state index contributed by atoms with van der Waals surface area (Å²) in [6.07, 6.45) is 3.81. The summed E-state index contributed by atoms with van der Waals surface area (Å²) in [6.45, 7) is 2.07. The molecule has 2 aromatic rings. The first-order chi connectivity index (χ1) is 7.24. The van der Waals surface area contributed by atoms with E-state index in [9.17, 15) is 0 Å². The highest BCUT2D eigenvalue weighted by Gasteiger charge is 2.24. The number of hydrogen-bond donors (Lipinski definition) is 0. The van der Waals surface area contributed by atoms with E-state index in [4.69, 9.17) is 0 Å². The van der Waals surface area contributed by atoms with Crippen molar-refractivity contribution in [2.45, 2.75) is 32.1 Å². The molecule has 0 saturated heterocycles. The monoisotopic (exact) mass is 265 g/mol. The maximum atomic E-state index is 4.58. The molecule has 1 saturated carbocycles. The molecule has 0 spiro atoms. The fourth-order valence-corrected chi connectivity index (χ4v) is 2.55. The molecule has 0 bridgehead atoms. The summed E-state index contributed by atoms with van der Waals surface area (Å²) >= 11 is 3.51. The van der Waals surface area contributed by atoms with E-state index in [1.807, 2.05) is 4.52 Å². The molecule has 0 aliphatic heterocycles. The quantitative estimate of drug-likeness (QED) is 0.742. The first kappa shape index (κ1) is 9.33. The van der Waals surface area contributed by atoms with Gasteiger partial charge in [0.05, 0.1) is 0 Å². The van der Waals surface area contributed by atoms with Crippen molar-refractivity contribution in [3.63, 3.8) is 0 Å². The Hall–Kier alpha value is -0.900. The highest BCUT2D eigenvalue weighted by molar-refractivity contribution is 9.10. The molecular weight excluding hydrogens is 254 g/mol. The molecule has 0 atom stereocenters. The van der Waals surface area contributed by atoms with Gasteiger partial charge in [0.2, 0.25) is 0 Å². The van der Waals surface area contributed by atoms with Crippen LogP contribution in [-0.2, 0) is 0 Å². The van der Waals surface area contributed by atoms with Crippen molar-refractivity contribution in [3.05, 3.63) is 28.1 Å². The van der Waals surface area contributed by atoms with Crippen LogP contribution in [0.4, 0.5) is 0 Å². The van der Waals surface area contributed by atoms with Gasteiger partial charge in [0, 0.05) is 5.92 Å². The van der Waals surface area contributed by atoms with Crippen LogP contribution >= 0.6 is 15.9 Å². The lowest BCUT2D eigenvalue weighted by Crippen LogP contribution is -2.10. The minimum atomic E-state index is 0.595. The summed E-state index contributed by atoms with van der Waals surface area (Å²) in [7, 11) is 0. The molecule has 78 valence electrons. The van der Waals surface area contributed by atoms with Crippen molar-refractivity contribution in [3.8, 4) is 0 Å². The summed E-state index contributed by atoms with van der Waals surface area (Å²) in [5, 5.41) is 4.53. The Bertz CT molecular complexity index is 514. The normalized spacial score (nSPS) is 16.9. The lowest BCUT2D eigenvalue weighted by molar-refractivity contribution is 0.401. The largest absolute Gasteiger partial charge is 0.212 e. The van der Waals surface area contributed by atoms with Crippen molar-refractivity contribution in [2.24, 2.45) is 0 Å². The summed E-state index contributed by atoms with van der Waals surface area (Å²) in [6, 6.07) is 4.13. The zero-order chi connectivity index (χ0) is 10.4. The molecule has 0 radical (unpaired) electrons. The van der Waals surface area contributed by atoms with Gasteiger partial charge in [-0.05, 0) is 53.4 Å². The second-order valence-electron chi connectivity index (χ2n) is 4.22. The zero-order valence-electron chi connectivity index (χ0n) is 8.57. The van der Waals surface area contributed by atoms with E-state index in [0.29, 0.717) is 5.92 Å². The maximum Gasteiger partial charge on any atom is 0.157 e. The van der Waals surface area contributed by atoms with Crippen molar-refractivity contribution in [1.29, 1.82) is 0 Å². The molecule has 4 heteroatoms. The molecule has 2 aromatic heterocycles. The molecule has 1 fully saturated rings. The SMILES string of the molecule is Cc1cc(Br)n2nc(C3CCC3)nc2c1. The minimum Gasteiger partial charge on any atom is -0.212 e. The van der Waals surface area contributed by atoms with E-state index < -0.39 is 0 Å². The number of nitrogens with zero attached hydrogens (tertiary/aromatic N) is 3. The smallest absolute Gasteiger partial charge is 0.157 e. The van der Waals surface area contributed by atoms with Gasteiger partial charge in [-0.3, -0.25) is 0 Å². The summed E-state index contributed by atoms with van der Waals surface area (Å²) in [5.74, 6) is 1.60. The predicted molar refractivity (Wildman–Crippen MR) is 62.0 cm³/mol. The molecule has 0 unspecified atom stereocenters. The molecule has 0 amide bonds. The van der Waals surface area contributed by atoms with Crippen molar-refractivity contribution in [2.75, 3.05) is 0 Å². The van der Waals surface area contributed by atoms with Crippen LogP contribution in [0.15, 0.2) is 16.7 Å². The molecule has 1 aliphatic carbocycles. The Morgan fingerprint density at radius 1 is 1.40 bits per heavy atom. The number of halogens is 1. The van der Waals surface area contributed by atoms with Gasteiger partial charge < -0.3 is 0 Å². The summed E-state index contributed by atoms with van der Waals surface area (Å²) < 4.78 is 2.86. The first-order valence-corrected chi connectivity index (χ1v) is 6.06. The number of rotatable bonds is 1. The molecule has 2 heterocycles. The van der Waals surface area contributed by atoms with Gasteiger partial charge in [-0.15, -0.1) is 5.10 Å². The van der Waals surface area contributed by atoms with Crippen LogP contribution in [0.25, 0.3) is 5.65 Å². The lowest BCUT2D eigenvalue weighted by atomic mass is 9.85. The summed E-state index contributed by atoms with van der Waals surface area (Å²) in [4.78, 5) is 4.58. The molecule has 0 N–H and O–H groups in total. The van der Waals surface area contributed by atoms with Crippen LogP contribution in [0.3, 0.4) is 0 Å². The lowest BCUT2D eigenvalue weighted by Gasteiger charge is -2.21. The third-order valence-electron chi connectivity index (χ3n) is 3.02. The van der Waals surface area contributed by atoms with Crippen molar-refractivity contribution in [1.82, 2.24) is 14.6 Å². The van der Waals surface area contributed by atoms with Crippen molar-refractivity contribution >= 4 is 21.6 Å². The van der Waals surface area contributed by atoms with Crippen molar-refractivity contribution < 1.29 is 0 Å². The number of pyridine rings is 1. The molecule has 0 aromatic carbocycles. The van der Waals surface area contributed by atoms with E-state index in [0.717, 1.165) is 16.1 Å². The van der Waals surface area contributed by atoms with E-state index >= 15 is 0 Å². The Balaban J connectivity index is 2.16. The van der Waals surface area contributed by atoms with Gasteiger partial charge in [-0.1, -0.05) is 6.42 Å². The number of hydrogen-bond acceptors (Lipinski definition) is 2. The number of fused-ring (bicyclic) bond motifs is 1. The molecule has 3 rings (SSSR count). The summed E-state index contributed by atoms with van der Waals surface area (Å²) in [5.41, 5.74) is 2.16. The standard InChI is InChI=1S/C11H12BrN3/c1-7-5-9(12)15-10(6-7)13-11(14-15)8-3-2-4-8/h5-6,8H,2-4H2,1H3. The fourth-order valence-electron chi connectivity index (χ4n) is 1.93.